The van der Waals surface area contributed by atoms with E-state index in [-0.39, 0.29) is 11.7 Å². The van der Waals surface area contributed by atoms with Gasteiger partial charge in [0.1, 0.15) is 0 Å². The zero-order valence-electron chi connectivity index (χ0n) is 9.38. The highest BCUT2D eigenvalue weighted by molar-refractivity contribution is 7.99. The van der Waals surface area contributed by atoms with Crippen molar-refractivity contribution in [2.45, 2.75) is 5.16 Å². The van der Waals surface area contributed by atoms with Crippen molar-refractivity contribution < 1.29 is 4.79 Å². The van der Waals surface area contributed by atoms with Crippen LogP contribution in [0.4, 0.5) is 5.69 Å². The molecule has 2 rings (SSSR count). The molecular weight excluding hydrogens is 248 g/mol. The highest BCUT2D eigenvalue weighted by atomic mass is 32.2. The first-order valence-corrected chi connectivity index (χ1v) is 6.18. The largest absolute Gasteiger partial charge is 0.340 e. The number of anilines is 1. The minimum Gasteiger partial charge on any atom is -0.340 e. The maximum Gasteiger partial charge on any atom is 0.234 e. The maximum absolute atomic E-state index is 11.7. The predicted molar refractivity (Wildman–Crippen MR) is 69.1 cm³/mol. The first-order valence-electron chi connectivity index (χ1n) is 5.20. The summed E-state index contributed by atoms with van der Waals surface area (Å²) in [4.78, 5) is 18.6. The number of aromatic amines is 1. The Hall–Kier alpha value is -2.26. The summed E-state index contributed by atoms with van der Waals surface area (Å²) in [6, 6.07) is 8.82. The van der Waals surface area contributed by atoms with Crippen LogP contribution in [-0.2, 0) is 4.79 Å². The number of amides is 1. The summed E-state index contributed by atoms with van der Waals surface area (Å²) in [5, 5.41) is 12.2. The van der Waals surface area contributed by atoms with Crippen LogP contribution in [0.25, 0.3) is 0 Å². The van der Waals surface area contributed by atoms with E-state index in [0.29, 0.717) is 16.4 Å². The van der Waals surface area contributed by atoms with Crippen LogP contribution in [0.5, 0.6) is 0 Å². The Balaban J connectivity index is 1.89. The molecule has 0 spiro atoms. The molecule has 1 aromatic carbocycles. The van der Waals surface area contributed by atoms with Crippen molar-refractivity contribution in [2.75, 3.05) is 11.1 Å². The molecule has 1 amide bonds. The number of aromatic nitrogens is 2. The fourth-order valence-corrected chi connectivity index (χ4v) is 1.95. The number of carbonyl (C=O) groups excluding carboxylic acids is 1. The summed E-state index contributed by atoms with van der Waals surface area (Å²) >= 11 is 1.32. The molecule has 5 nitrogen and oxygen atoms in total. The van der Waals surface area contributed by atoms with Gasteiger partial charge in [-0.25, -0.2) is 4.98 Å². The van der Waals surface area contributed by atoms with Gasteiger partial charge < -0.3 is 10.3 Å². The molecule has 0 radical (unpaired) electrons. The minimum atomic E-state index is -0.133. The lowest BCUT2D eigenvalue weighted by Crippen LogP contribution is -2.14. The number of H-pyrrole nitrogens is 1. The van der Waals surface area contributed by atoms with E-state index in [4.69, 9.17) is 5.26 Å². The maximum atomic E-state index is 11.7. The SMILES string of the molecule is N#Cc1cccc(NC(=O)CSc2ncc[nH]2)c1. The van der Waals surface area contributed by atoms with E-state index >= 15 is 0 Å². The van der Waals surface area contributed by atoms with Crippen LogP contribution in [0.1, 0.15) is 5.56 Å². The smallest absolute Gasteiger partial charge is 0.234 e. The highest BCUT2D eigenvalue weighted by Crippen LogP contribution is 2.13. The third kappa shape index (κ3) is 3.37. The van der Waals surface area contributed by atoms with Crippen LogP contribution in [0.15, 0.2) is 41.8 Å². The average molecular weight is 258 g/mol. The van der Waals surface area contributed by atoms with Gasteiger partial charge in [0.2, 0.25) is 5.91 Å². The molecule has 1 aromatic heterocycles. The average Bonchev–Trinajstić information content (AvgIpc) is 2.90. The molecule has 2 aromatic rings. The summed E-state index contributed by atoms with van der Waals surface area (Å²) in [7, 11) is 0. The number of carbonyl (C=O) groups is 1. The van der Waals surface area contributed by atoms with Gasteiger partial charge in [0.15, 0.2) is 5.16 Å². The molecule has 6 heteroatoms. The molecule has 18 heavy (non-hydrogen) atoms. The van der Waals surface area contributed by atoms with Gasteiger partial charge in [0, 0.05) is 18.1 Å². The number of imidazole rings is 1. The van der Waals surface area contributed by atoms with E-state index in [0.717, 1.165) is 0 Å². The fraction of sp³-hybridized carbons (Fsp3) is 0.0833. The zero-order chi connectivity index (χ0) is 12.8. The van der Waals surface area contributed by atoms with E-state index in [1.165, 1.54) is 11.8 Å². The topological polar surface area (TPSA) is 81.6 Å². The van der Waals surface area contributed by atoms with Crippen LogP contribution in [0.3, 0.4) is 0 Å². The molecule has 2 N–H and O–H groups in total. The van der Waals surface area contributed by atoms with Gasteiger partial charge in [0.25, 0.3) is 0 Å². The lowest BCUT2D eigenvalue weighted by atomic mass is 10.2. The number of nitriles is 1. The number of hydrogen-bond acceptors (Lipinski definition) is 4. The molecule has 0 saturated carbocycles. The predicted octanol–water partition coefficient (Wildman–Crippen LogP) is 2.01. The molecule has 0 aliphatic carbocycles. The Morgan fingerprint density at radius 1 is 1.56 bits per heavy atom. The van der Waals surface area contributed by atoms with Crippen LogP contribution in [0.2, 0.25) is 0 Å². The molecule has 1 heterocycles. The molecule has 0 unspecified atom stereocenters. The van der Waals surface area contributed by atoms with Crippen molar-refractivity contribution in [2.24, 2.45) is 0 Å². The Morgan fingerprint density at radius 3 is 3.17 bits per heavy atom. The number of nitrogens with one attached hydrogen (secondary N) is 2. The van der Waals surface area contributed by atoms with Crippen LogP contribution < -0.4 is 5.32 Å². The molecule has 0 bridgehead atoms. The van der Waals surface area contributed by atoms with Gasteiger partial charge in [-0.2, -0.15) is 5.26 Å². The van der Waals surface area contributed by atoms with Gasteiger partial charge in [-0.15, -0.1) is 0 Å². The second-order valence-electron chi connectivity index (χ2n) is 3.42. The van der Waals surface area contributed by atoms with Crippen LogP contribution in [0, 0.1) is 11.3 Å². The van der Waals surface area contributed by atoms with Crippen molar-refractivity contribution in [3.63, 3.8) is 0 Å². The number of thioether (sulfide) groups is 1. The van der Waals surface area contributed by atoms with Gasteiger partial charge in [-0.05, 0) is 18.2 Å². The van der Waals surface area contributed by atoms with Gasteiger partial charge in [-0.1, -0.05) is 17.8 Å². The normalized spacial score (nSPS) is 9.72. The summed E-state index contributed by atoms with van der Waals surface area (Å²) in [5.41, 5.74) is 1.14. The van der Waals surface area contributed by atoms with Crippen molar-refractivity contribution in [1.82, 2.24) is 9.97 Å². The van der Waals surface area contributed by atoms with Gasteiger partial charge in [-0.3, -0.25) is 4.79 Å². The van der Waals surface area contributed by atoms with Crippen molar-refractivity contribution >= 4 is 23.4 Å². The van der Waals surface area contributed by atoms with E-state index < -0.39 is 0 Å². The Bertz CT molecular complexity index is 574. The molecule has 90 valence electrons. The standard InChI is InChI=1S/C12H10N4OS/c13-7-9-2-1-3-10(6-9)16-11(17)8-18-12-14-4-5-15-12/h1-6H,8H2,(H,14,15)(H,16,17). The van der Waals surface area contributed by atoms with Crippen molar-refractivity contribution in [3.05, 3.63) is 42.2 Å². The van der Waals surface area contributed by atoms with Crippen LogP contribution in [-0.4, -0.2) is 21.6 Å². The molecule has 0 aliphatic rings. The molecule has 0 saturated heterocycles. The summed E-state index contributed by atoms with van der Waals surface area (Å²) < 4.78 is 0. The third-order valence-corrected chi connectivity index (χ3v) is 2.99. The fourth-order valence-electron chi connectivity index (χ4n) is 1.33. The Labute approximate surface area is 108 Å². The van der Waals surface area contributed by atoms with E-state index in [2.05, 4.69) is 15.3 Å². The number of benzene rings is 1. The Morgan fingerprint density at radius 2 is 2.44 bits per heavy atom. The lowest BCUT2D eigenvalue weighted by Gasteiger charge is -2.04. The molecule has 0 atom stereocenters. The Kier molecular flexibility index (Phi) is 3.99. The number of rotatable bonds is 4. The van der Waals surface area contributed by atoms with Crippen LogP contribution >= 0.6 is 11.8 Å². The molecular formula is C12H10N4OS. The van der Waals surface area contributed by atoms with Crippen molar-refractivity contribution in [3.8, 4) is 6.07 Å². The first kappa shape index (κ1) is 12.2. The van der Waals surface area contributed by atoms with Gasteiger partial charge >= 0.3 is 0 Å². The lowest BCUT2D eigenvalue weighted by molar-refractivity contribution is -0.113. The van der Waals surface area contributed by atoms with Gasteiger partial charge in [0.05, 0.1) is 17.4 Å². The third-order valence-electron chi connectivity index (χ3n) is 2.09. The summed E-state index contributed by atoms with van der Waals surface area (Å²) in [6.07, 6.45) is 3.34. The first-order chi connectivity index (χ1) is 8.78. The highest BCUT2D eigenvalue weighted by Gasteiger charge is 2.05. The summed E-state index contributed by atoms with van der Waals surface area (Å²) in [5.74, 6) is 0.135. The second-order valence-corrected chi connectivity index (χ2v) is 4.39. The van der Waals surface area contributed by atoms with E-state index in [9.17, 15) is 4.79 Å². The number of nitrogens with zero attached hydrogens (tertiary/aromatic N) is 2. The second kappa shape index (κ2) is 5.89. The monoisotopic (exact) mass is 258 g/mol. The van der Waals surface area contributed by atoms with E-state index in [1.54, 1.807) is 36.7 Å². The van der Waals surface area contributed by atoms with Crippen molar-refractivity contribution in [1.29, 1.82) is 5.26 Å². The molecule has 0 fully saturated rings. The number of hydrogen-bond donors (Lipinski definition) is 2. The minimum absolute atomic E-state index is 0.133. The quantitative estimate of drug-likeness (QED) is 0.822. The van der Waals surface area contributed by atoms with E-state index in [1.807, 2.05) is 6.07 Å². The zero-order valence-corrected chi connectivity index (χ0v) is 10.2. The molecule has 0 aliphatic heterocycles. The summed E-state index contributed by atoms with van der Waals surface area (Å²) in [6.45, 7) is 0.